The van der Waals surface area contributed by atoms with Crippen LogP contribution in [-0.4, -0.2) is 12.6 Å². The molecule has 2 heteroatoms. The molecule has 2 nitrogen and oxygen atoms in total. The van der Waals surface area contributed by atoms with Gasteiger partial charge in [0.25, 0.3) is 0 Å². The van der Waals surface area contributed by atoms with Crippen molar-refractivity contribution in [1.29, 1.82) is 0 Å². The third-order valence-electron chi connectivity index (χ3n) is 3.23. The Kier molecular flexibility index (Phi) is 2.38. The molecule has 0 saturated carbocycles. The van der Waals surface area contributed by atoms with Crippen molar-refractivity contribution in [2.45, 2.75) is 26.2 Å². The van der Waals surface area contributed by atoms with E-state index in [0.717, 1.165) is 19.3 Å². The largest absolute Gasteiger partial charge is 0.465 e. The number of hydrogen-bond acceptors (Lipinski definition) is 2. The smallest absolute Gasteiger partial charge is 0.309 e. The maximum atomic E-state index is 11.4. The van der Waals surface area contributed by atoms with Gasteiger partial charge >= 0.3 is 5.97 Å². The lowest BCUT2D eigenvalue weighted by molar-refractivity contribution is -0.156. The molecule has 1 aliphatic carbocycles. The van der Waals surface area contributed by atoms with Crippen LogP contribution in [0.4, 0.5) is 0 Å². The molecular weight excluding hydrogens is 164 g/mol. The van der Waals surface area contributed by atoms with Crippen molar-refractivity contribution in [3.05, 3.63) is 12.2 Å². The van der Waals surface area contributed by atoms with Gasteiger partial charge in [-0.15, -0.1) is 0 Å². The maximum absolute atomic E-state index is 11.4. The first-order chi connectivity index (χ1) is 6.31. The number of allylic oxidation sites excluding steroid dienone is 2. The molecule has 1 aliphatic heterocycles. The monoisotopic (exact) mass is 180 g/mol. The molecule has 0 N–H and O–H groups in total. The average molecular weight is 180 g/mol. The molecule has 1 fully saturated rings. The van der Waals surface area contributed by atoms with Crippen molar-refractivity contribution in [1.82, 2.24) is 0 Å². The predicted octanol–water partition coefficient (Wildman–Crippen LogP) is 2.15. The molecule has 72 valence electrons. The Balaban J connectivity index is 2.11. The number of esters is 1. The number of cyclic esters (lactones) is 1. The molecule has 0 aromatic heterocycles. The Morgan fingerprint density at radius 2 is 2.38 bits per heavy atom. The van der Waals surface area contributed by atoms with Gasteiger partial charge in [-0.2, -0.15) is 0 Å². The molecule has 0 spiro atoms. The van der Waals surface area contributed by atoms with E-state index in [2.05, 4.69) is 19.1 Å². The third-order valence-corrected chi connectivity index (χ3v) is 3.23. The van der Waals surface area contributed by atoms with Crippen LogP contribution in [0.3, 0.4) is 0 Å². The van der Waals surface area contributed by atoms with Crippen LogP contribution in [0.25, 0.3) is 0 Å². The van der Waals surface area contributed by atoms with E-state index >= 15 is 0 Å². The fourth-order valence-corrected chi connectivity index (χ4v) is 2.29. The van der Waals surface area contributed by atoms with Gasteiger partial charge in [-0.1, -0.05) is 19.1 Å². The molecule has 13 heavy (non-hydrogen) atoms. The molecule has 1 saturated heterocycles. The molecule has 2 aliphatic rings. The highest BCUT2D eigenvalue weighted by Gasteiger charge is 2.35. The Hall–Kier alpha value is -0.790. The second-order valence-corrected chi connectivity index (χ2v) is 4.02. The zero-order valence-electron chi connectivity index (χ0n) is 8.03. The molecule has 0 unspecified atom stereocenters. The van der Waals surface area contributed by atoms with E-state index < -0.39 is 0 Å². The summed E-state index contributed by atoms with van der Waals surface area (Å²) in [5.74, 6) is 1.23. The van der Waals surface area contributed by atoms with Crippen molar-refractivity contribution < 1.29 is 9.53 Å². The molecule has 2 rings (SSSR count). The predicted molar refractivity (Wildman–Crippen MR) is 50.1 cm³/mol. The summed E-state index contributed by atoms with van der Waals surface area (Å²) in [7, 11) is 0. The highest BCUT2D eigenvalue weighted by atomic mass is 16.5. The van der Waals surface area contributed by atoms with Gasteiger partial charge < -0.3 is 4.74 Å². The molecule has 1 heterocycles. The van der Waals surface area contributed by atoms with Crippen LogP contribution in [0.15, 0.2) is 12.2 Å². The lowest BCUT2D eigenvalue weighted by Crippen LogP contribution is -2.34. The Morgan fingerprint density at radius 3 is 3.15 bits per heavy atom. The summed E-state index contributed by atoms with van der Waals surface area (Å²) in [6, 6.07) is 0. The van der Waals surface area contributed by atoms with Crippen LogP contribution >= 0.6 is 0 Å². The molecule has 0 aromatic rings. The number of rotatable bonds is 1. The number of carbonyl (C=O) groups is 1. The van der Waals surface area contributed by atoms with Crippen molar-refractivity contribution >= 4 is 5.97 Å². The lowest BCUT2D eigenvalue weighted by atomic mass is 9.76. The zero-order valence-corrected chi connectivity index (χ0v) is 8.03. The first kappa shape index (κ1) is 8.79. The number of fused-ring (bicyclic) bond motifs is 1. The van der Waals surface area contributed by atoms with Crippen LogP contribution in [-0.2, 0) is 9.53 Å². The SMILES string of the molecule is CC[C@@H]1C=C[C@@H]2CCOC(=O)[C@H]2C1. The van der Waals surface area contributed by atoms with Gasteiger partial charge in [-0.3, -0.25) is 4.79 Å². The molecule has 0 aromatic carbocycles. The van der Waals surface area contributed by atoms with Crippen LogP contribution in [0.5, 0.6) is 0 Å². The summed E-state index contributed by atoms with van der Waals surface area (Å²) in [5.41, 5.74) is 0. The van der Waals surface area contributed by atoms with Gasteiger partial charge in [0.05, 0.1) is 12.5 Å². The fourth-order valence-electron chi connectivity index (χ4n) is 2.29. The zero-order chi connectivity index (χ0) is 9.26. The van der Waals surface area contributed by atoms with E-state index in [1.807, 2.05) is 0 Å². The minimum atomic E-state index is 0.0269. The summed E-state index contributed by atoms with van der Waals surface area (Å²) in [6.45, 7) is 2.78. The second-order valence-electron chi connectivity index (χ2n) is 4.02. The first-order valence-corrected chi connectivity index (χ1v) is 5.16. The van der Waals surface area contributed by atoms with E-state index in [-0.39, 0.29) is 11.9 Å². The molecule has 3 atom stereocenters. The van der Waals surface area contributed by atoms with Crippen molar-refractivity contribution in [2.75, 3.05) is 6.61 Å². The fraction of sp³-hybridized carbons (Fsp3) is 0.727. The minimum absolute atomic E-state index is 0.0269. The van der Waals surface area contributed by atoms with E-state index in [1.165, 1.54) is 0 Å². The van der Waals surface area contributed by atoms with Gasteiger partial charge in [-0.25, -0.2) is 0 Å². The highest BCUT2D eigenvalue weighted by Crippen LogP contribution is 2.35. The second kappa shape index (κ2) is 3.52. The van der Waals surface area contributed by atoms with E-state index in [4.69, 9.17) is 4.74 Å². The molecule has 0 bridgehead atoms. The van der Waals surface area contributed by atoms with Crippen molar-refractivity contribution in [2.24, 2.45) is 17.8 Å². The normalized spacial score (nSPS) is 38.2. The highest BCUT2D eigenvalue weighted by molar-refractivity contribution is 5.74. The molecular formula is C11H16O2. The first-order valence-electron chi connectivity index (χ1n) is 5.16. The standard InChI is InChI=1S/C11H16O2/c1-2-8-3-4-9-5-6-13-11(12)10(9)7-8/h3-4,8-10H,2,5-7H2,1H3/t8-,9-,10+/m1/s1. The lowest BCUT2D eigenvalue weighted by Gasteiger charge is -2.33. The summed E-state index contributed by atoms with van der Waals surface area (Å²) < 4.78 is 5.07. The summed E-state index contributed by atoms with van der Waals surface area (Å²) in [5, 5.41) is 0. The Morgan fingerprint density at radius 1 is 1.54 bits per heavy atom. The number of hydrogen-bond donors (Lipinski definition) is 0. The van der Waals surface area contributed by atoms with E-state index in [0.29, 0.717) is 18.4 Å². The summed E-state index contributed by atoms with van der Waals surface area (Å²) >= 11 is 0. The maximum Gasteiger partial charge on any atom is 0.309 e. The Bertz CT molecular complexity index is 232. The van der Waals surface area contributed by atoms with Crippen molar-refractivity contribution in [3.8, 4) is 0 Å². The minimum Gasteiger partial charge on any atom is -0.465 e. The van der Waals surface area contributed by atoms with Crippen LogP contribution in [0.2, 0.25) is 0 Å². The van der Waals surface area contributed by atoms with E-state index in [1.54, 1.807) is 0 Å². The third kappa shape index (κ3) is 1.62. The molecule has 0 radical (unpaired) electrons. The van der Waals surface area contributed by atoms with Crippen molar-refractivity contribution in [3.63, 3.8) is 0 Å². The van der Waals surface area contributed by atoms with Crippen LogP contribution in [0.1, 0.15) is 26.2 Å². The van der Waals surface area contributed by atoms with Gasteiger partial charge in [0.1, 0.15) is 0 Å². The topological polar surface area (TPSA) is 26.3 Å². The van der Waals surface area contributed by atoms with Gasteiger partial charge in [0.15, 0.2) is 0 Å². The summed E-state index contributed by atoms with van der Waals surface area (Å²) in [6.07, 6.45) is 7.65. The quantitative estimate of drug-likeness (QED) is 0.456. The van der Waals surface area contributed by atoms with Gasteiger partial charge in [0, 0.05) is 0 Å². The number of carbonyl (C=O) groups excluding carboxylic acids is 1. The Labute approximate surface area is 79.0 Å². The number of ether oxygens (including phenoxy) is 1. The van der Waals surface area contributed by atoms with Gasteiger partial charge in [-0.05, 0) is 31.1 Å². The summed E-state index contributed by atoms with van der Waals surface area (Å²) in [4.78, 5) is 11.4. The van der Waals surface area contributed by atoms with Crippen LogP contribution in [0, 0.1) is 17.8 Å². The average Bonchev–Trinajstić information content (AvgIpc) is 2.18. The molecule has 0 amide bonds. The van der Waals surface area contributed by atoms with Gasteiger partial charge in [0.2, 0.25) is 0 Å². The van der Waals surface area contributed by atoms with E-state index in [9.17, 15) is 4.79 Å². The van der Waals surface area contributed by atoms with Crippen LogP contribution < -0.4 is 0 Å².